The third-order valence-electron chi connectivity index (χ3n) is 5.42. The van der Waals surface area contributed by atoms with Gasteiger partial charge in [0.05, 0.1) is 30.2 Å². The van der Waals surface area contributed by atoms with Gasteiger partial charge >= 0.3 is 0 Å². The van der Waals surface area contributed by atoms with Crippen LogP contribution in [-0.4, -0.2) is 25.3 Å². The Hall–Kier alpha value is -2.53. The number of aryl methyl sites for hydroxylation is 1. The van der Waals surface area contributed by atoms with Gasteiger partial charge < -0.3 is 14.2 Å². The molecule has 1 atom stereocenters. The van der Waals surface area contributed by atoms with Gasteiger partial charge in [0, 0.05) is 31.9 Å². The Morgan fingerprint density at radius 1 is 0.828 bits per heavy atom. The lowest BCUT2D eigenvalue weighted by Gasteiger charge is -2.16. The molecular formula is C23H19Cl2N3O. The zero-order valence-electron chi connectivity index (χ0n) is 15.8. The Morgan fingerprint density at radius 3 is 2.07 bits per heavy atom. The van der Waals surface area contributed by atoms with Gasteiger partial charge in [-0.25, -0.2) is 4.98 Å². The second-order valence-corrected chi connectivity index (χ2v) is 8.22. The molecule has 0 aliphatic rings. The van der Waals surface area contributed by atoms with Crippen LogP contribution >= 0.6 is 23.2 Å². The van der Waals surface area contributed by atoms with Crippen LogP contribution in [0.2, 0.25) is 10.0 Å². The molecule has 0 unspecified atom stereocenters. The minimum atomic E-state index is -0.587. The smallest absolute Gasteiger partial charge is 0.106 e. The van der Waals surface area contributed by atoms with Crippen molar-refractivity contribution < 1.29 is 5.11 Å². The largest absolute Gasteiger partial charge is 0.389 e. The maximum Gasteiger partial charge on any atom is 0.106 e. The molecule has 0 bridgehead atoms. The number of aliphatic hydroxyl groups excluding tert-OH is 1. The van der Waals surface area contributed by atoms with E-state index in [-0.39, 0.29) is 0 Å². The lowest BCUT2D eigenvalue weighted by Crippen LogP contribution is -2.22. The quantitative estimate of drug-likeness (QED) is 0.395. The van der Waals surface area contributed by atoms with Crippen molar-refractivity contribution in [2.75, 3.05) is 0 Å². The number of aromatic nitrogens is 3. The van der Waals surface area contributed by atoms with E-state index in [1.807, 2.05) is 67.6 Å². The first kappa shape index (κ1) is 18.5. The van der Waals surface area contributed by atoms with Crippen molar-refractivity contribution in [1.29, 1.82) is 0 Å². The van der Waals surface area contributed by atoms with E-state index in [0.29, 0.717) is 23.1 Å². The number of fused-ring (bicyclic) bond motifs is 4. The average Bonchev–Trinajstić information content (AvgIpc) is 3.16. The molecule has 0 radical (unpaired) electrons. The number of halogens is 2. The summed E-state index contributed by atoms with van der Waals surface area (Å²) in [5.74, 6) is 0.894. The molecule has 29 heavy (non-hydrogen) atoms. The van der Waals surface area contributed by atoms with E-state index in [0.717, 1.165) is 38.7 Å². The topological polar surface area (TPSA) is 43.0 Å². The summed E-state index contributed by atoms with van der Waals surface area (Å²) < 4.78 is 4.21. The molecule has 3 aromatic carbocycles. The summed E-state index contributed by atoms with van der Waals surface area (Å²) in [6.45, 7) is 2.89. The normalized spacial score (nSPS) is 13.0. The molecule has 146 valence electrons. The summed E-state index contributed by atoms with van der Waals surface area (Å²) in [4.78, 5) is 4.60. The molecule has 2 aromatic heterocycles. The number of para-hydroxylation sites is 2. The summed E-state index contributed by atoms with van der Waals surface area (Å²) in [6.07, 6.45) is -0.587. The SMILES string of the molecule is Cc1nc2ccccc2n1C[C@@H](O)Cn1c2ccc(Cl)cc2c2cc(Cl)ccc21. The molecule has 0 saturated heterocycles. The predicted molar refractivity (Wildman–Crippen MR) is 120 cm³/mol. The number of hydrogen-bond donors (Lipinski definition) is 1. The molecule has 5 aromatic rings. The van der Waals surface area contributed by atoms with Crippen molar-refractivity contribution >= 4 is 56.0 Å². The van der Waals surface area contributed by atoms with Gasteiger partial charge in [-0.2, -0.15) is 0 Å². The molecule has 4 nitrogen and oxygen atoms in total. The van der Waals surface area contributed by atoms with Gasteiger partial charge in [0.15, 0.2) is 0 Å². The van der Waals surface area contributed by atoms with Crippen LogP contribution in [0, 0.1) is 6.92 Å². The van der Waals surface area contributed by atoms with Gasteiger partial charge in [0.25, 0.3) is 0 Å². The van der Waals surface area contributed by atoms with Gasteiger partial charge in [-0.1, -0.05) is 35.3 Å². The summed E-state index contributed by atoms with van der Waals surface area (Å²) in [5.41, 5.74) is 4.03. The number of imidazole rings is 1. The van der Waals surface area contributed by atoms with Crippen LogP contribution in [-0.2, 0) is 13.1 Å². The van der Waals surface area contributed by atoms with Crippen molar-refractivity contribution in [3.05, 3.63) is 76.5 Å². The van der Waals surface area contributed by atoms with Crippen molar-refractivity contribution in [1.82, 2.24) is 14.1 Å². The molecule has 0 saturated carbocycles. The monoisotopic (exact) mass is 423 g/mol. The zero-order chi connectivity index (χ0) is 20.1. The second-order valence-electron chi connectivity index (χ2n) is 7.35. The van der Waals surface area contributed by atoms with Crippen LogP contribution in [0.4, 0.5) is 0 Å². The van der Waals surface area contributed by atoms with Crippen LogP contribution < -0.4 is 0 Å². The van der Waals surface area contributed by atoms with Gasteiger partial charge in [-0.3, -0.25) is 0 Å². The van der Waals surface area contributed by atoms with Crippen molar-refractivity contribution in [3.8, 4) is 0 Å². The fraction of sp³-hybridized carbons (Fsp3) is 0.174. The summed E-state index contributed by atoms with van der Waals surface area (Å²) >= 11 is 12.5. The van der Waals surface area contributed by atoms with E-state index in [9.17, 15) is 5.11 Å². The first-order valence-corrected chi connectivity index (χ1v) is 10.2. The van der Waals surface area contributed by atoms with Crippen LogP contribution in [0.15, 0.2) is 60.7 Å². The fourth-order valence-corrected chi connectivity index (χ4v) is 4.50. The van der Waals surface area contributed by atoms with Crippen LogP contribution in [0.25, 0.3) is 32.8 Å². The molecule has 5 rings (SSSR count). The molecule has 2 heterocycles. The molecule has 0 fully saturated rings. The highest BCUT2D eigenvalue weighted by molar-refractivity contribution is 6.33. The van der Waals surface area contributed by atoms with Crippen LogP contribution in [0.3, 0.4) is 0 Å². The number of aliphatic hydroxyl groups is 1. The second kappa shape index (κ2) is 7.06. The third kappa shape index (κ3) is 3.18. The lowest BCUT2D eigenvalue weighted by molar-refractivity contribution is 0.137. The summed E-state index contributed by atoms with van der Waals surface area (Å²) in [7, 11) is 0. The first-order chi connectivity index (χ1) is 14.0. The standard InChI is InChI=1S/C23H19Cl2N3O/c1-14-26-20-4-2-3-5-23(20)27(14)12-17(29)13-28-21-8-6-15(24)10-18(21)19-11-16(25)7-9-22(19)28/h2-11,17,29H,12-13H2,1H3/t17-/m1/s1. The van der Waals surface area contributed by atoms with Crippen molar-refractivity contribution in [3.63, 3.8) is 0 Å². The Bertz CT molecular complexity index is 1310. The highest BCUT2D eigenvalue weighted by Gasteiger charge is 2.17. The van der Waals surface area contributed by atoms with E-state index >= 15 is 0 Å². The number of nitrogens with zero attached hydrogens (tertiary/aromatic N) is 3. The number of rotatable bonds is 4. The fourth-order valence-electron chi connectivity index (χ4n) is 4.15. The summed E-state index contributed by atoms with van der Waals surface area (Å²) in [6, 6.07) is 19.6. The van der Waals surface area contributed by atoms with Crippen molar-refractivity contribution in [2.24, 2.45) is 0 Å². The van der Waals surface area contributed by atoms with Gasteiger partial charge in [0.2, 0.25) is 0 Å². The Morgan fingerprint density at radius 2 is 1.41 bits per heavy atom. The van der Waals surface area contributed by atoms with E-state index in [1.54, 1.807) is 0 Å². The highest BCUT2D eigenvalue weighted by Crippen LogP contribution is 2.33. The van der Waals surface area contributed by atoms with E-state index < -0.39 is 6.10 Å². The minimum Gasteiger partial charge on any atom is -0.389 e. The van der Waals surface area contributed by atoms with Crippen LogP contribution in [0.5, 0.6) is 0 Å². The Labute approximate surface area is 177 Å². The maximum absolute atomic E-state index is 11.0. The number of hydrogen-bond acceptors (Lipinski definition) is 2. The molecule has 0 aliphatic heterocycles. The molecule has 6 heteroatoms. The van der Waals surface area contributed by atoms with Crippen molar-refractivity contribution in [2.45, 2.75) is 26.1 Å². The average molecular weight is 424 g/mol. The summed E-state index contributed by atoms with van der Waals surface area (Å²) in [5, 5.41) is 14.4. The van der Waals surface area contributed by atoms with Gasteiger partial charge in [-0.05, 0) is 55.5 Å². The van der Waals surface area contributed by atoms with E-state index in [1.165, 1.54) is 0 Å². The molecule has 0 aliphatic carbocycles. The Kier molecular flexibility index (Phi) is 4.50. The van der Waals surface area contributed by atoms with Gasteiger partial charge in [0.1, 0.15) is 5.82 Å². The van der Waals surface area contributed by atoms with Gasteiger partial charge in [-0.15, -0.1) is 0 Å². The van der Waals surface area contributed by atoms with Crippen LogP contribution in [0.1, 0.15) is 5.82 Å². The molecular weight excluding hydrogens is 405 g/mol. The zero-order valence-corrected chi connectivity index (χ0v) is 17.3. The maximum atomic E-state index is 11.0. The lowest BCUT2D eigenvalue weighted by atomic mass is 10.1. The van der Waals surface area contributed by atoms with E-state index in [2.05, 4.69) is 14.1 Å². The molecule has 0 amide bonds. The highest BCUT2D eigenvalue weighted by atomic mass is 35.5. The molecule has 1 N–H and O–H groups in total. The molecule has 0 spiro atoms. The van der Waals surface area contributed by atoms with E-state index in [4.69, 9.17) is 23.2 Å². The Balaban J connectivity index is 1.56. The predicted octanol–water partition coefficient (Wildman–Crippen LogP) is 5.82. The number of benzene rings is 3. The third-order valence-corrected chi connectivity index (χ3v) is 5.89. The minimum absolute atomic E-state index is 0.454. The first-order valence-electron chi connectivity index (χ1n) is 9.48.